The largest absolute Gasteiger partial charge is 0.356 e. The van der Waals surface area contributed by atoms with Gasteiger partial charge in [-0.3, -0.25) is 9.67 Å². The Kier molecular flexibility index (Phi) is 9.30. The number of benzene rings is 2. The first-order valence-electron chi connectivity index (χ1n) is 8.97. The van der Waals surface area contributed by atoms with Crippen molar-refractivity contribution in [1.29, 1.82) is 0 Å². The smallest absolute Gasteiger partial charge is 0.191 e. The Morgan fingerprint density at radius 3 is 2.57 bits per heavy atom. The lowest BCUT2D eigenvalue weighted by atomic mass is 10.1. The predicted octanol–water partition coefficient (Wildman–Crippen LogP) is 4.11. The third kappa shape index (κ3) is 7.16. The lowest BCUT2D eigenvalue weighted by Gasteiger charge is -2.11. The monoisotopic (exact) mass is 509 g/mol. The van der Waals surface area contributed by atoms with Gasteiger partial charge in [0.15, 0.2) is 5.96 Å². The number of nitrogens with one attached hydrogen (secondary N) is 2. The molecule has 3 rings (SSSR count). The van der Waals surface area contributed by atoms with Crippen molar-refractivity contribution >= 4 is 41.5 Å². The fourth-order valence-electron chi connectivity index (χ4n) is 2.78. The molecule has 0 unspecified atom stereocenters. The molecule has 2 N–H and O–H groups in total. The summed E-state index contributed by atoms with van der Waals surface area (Å²) in [5, 5.41) is 11.8. The predicted molar refractivity (Wildman–Crippen MR) is 127 cm³/mol. The molecular formula is C21H25ClIN5. The fourth-order valence-corrected chi connectivity index (χ4v) is 2.99. The van der Waals surface area contributed by atoms with Crippen LogP contribution in [0.25, 0.3) is 0 Å². The van der Waals surface area contributed by atoms with Crippen LogP contribution in [-0.2, 0) is 19.5 Å². The molecule has 0 bridgehead atoms. The Morgan fingerprint density at radius 1 is 1.04 bits per heavy atom. The molecule has 0 aliphatic carbocycles. The molecule has 148 valence electrons. The molecule has 3 aromatic rings. The number of halogens is 2. The van der Waals surface area contributed by atoms with Crippen molar-refractivity contribution in [2.45, 2.75) is 19.5 Å². The highest BCUT2D eigenvalue weighted by atomic mass is 127. The van der Waals surface area contributed by atoms with Crippen molar-refractivity contribution < 1.29 is 0 Å². The van der Waals surface area contributed by atoms with Gasteiger partial charge in [0.25, 0.3) is 0 Å². The number of aromatic nitrogens is 2. The van der Waals surface area contributed by atoms with Crippen molar-refractivity contribution in [3.8, 4) is 0 Å². The third-order valence-electron chi connectivity index (χ3n) is 4.15. The van der Waals surface area contributed by atoms with Gasteiger partial charge in [0.1, 0.15) is 0 Å². The molecule has 0 aliphatic rings. The molecule has 28 heavy (non-hydrogen) atoms. The number of guanidine groups is 1. The second kappa shape index (κ2) is 11.7. The molecule has 0 amide bonds. The summed E-state index contributed by atoms with van der Waals surface area (Å²) in [5.74, 6) is 0.771. The van der Waals surface area contributed by atoms with Crippen molar-refractivity contribution in [2.24, 2.45) is 4.99 Å². The van der Waals surface area contributed by atoms with Crippen LogP contribution in [0.3, 0.4) is 0 Å². The van der Waals surface area contributed by atoms with Gasteiger partial charge in [0.2, 0.25) is 0 Å². The Labute approximate surface area is 188 Å². The summed E-state index contributed by atoms with van der Waals surface area (Å²) in [4.78, 5) is 4.27. The van der Waals surface area contributed by atoms with E-state index in [1.54, 1.807) is 7.05 Å². The molecule has 5 nitrogen and oxygen atoms in total. The van der Waals surface area contributed by atoms with Gasteiger partial charge < -0.3 is 10.6 Å². The first kappa shape index (κ1) is 22.2. The summed E-state index contributed by atoms with van der Waals surface area (Å²) >= 11 is 6.02. The number of hydrogen-bond acceptors (Lipinski definition) is 2. The van der Waals surface area contributed by atoms with Crippen LogP contribution in [-0.4, -0.2) is 29.3 Å². The number of aliphatic imine (C=N–C) groups is 1. The molecule has 0 aliphatic heterocycles. The minimum Gasteiger partial charge on any atom is -0.356 e. The second-order valence-electron chi connectivity index (χ2n) is 6.26. The van der Waals surface area contributed by atoms with Crippen LogP contribution in [0.4, 0.5) is 0 Å². The molecule has 1 aromatic heterocycles. The maximum Gasteiger partial charge on any atom is 0.191 e. The SMILES string of the molecule is CN=C(NCCc1cccc(Cl)c1)NCc1cnn(Cc2ccccc2)c1.I. The fraction of sp³-hybridized carbons (Fsp3) is 0.238. The summed E-state index contributed by atoms with van der Waals surface area (Å²) in [6.07, 6.45) is 4.82. The molecule has 0 spiro atoms. The van der Waals surface area contributed by atoms with E-state index in [9.17, 15) is 0 Å². The zero-order valence-electron chi connectivity index (χ0n) is 15.8. The first-order valence-corrected chi connectivity index (χ1v) is 9.35. The summed E-state index contributed by atoms with van der Waals surface area (Å²) in [5.41, 5.74) is 3.55. The van der Waals surface area contributed by atoms with E-state index >= 15 is 0 Å². The van der Waals surface area contributed by atoms with Crippen LogP contribution in [0.2, 0.25) is 5.02 Å². The molecule has 7 heteroatoms. The van der Waals surface area contributed by atoms with E-state index in [0.717, 1.165) is 36.1 Å². The van der Waals surface area contributed by atoms with E-state index in [-0.39, 0.29) is 24.0 Å². The Bertz CT molecular complexity index is 879. The van der Waals surface area contributed by atoms with Crippen molar-refractivity contribution in [3.05, 3.63) is 88.7 Å². The third-order valence-corrected chi connectivity index (χ3v) is 4.39. The molecule has 0 fully saturated rings. The van der Waals surface area contributed by atoms with Crippen molar-refractivity contribution in [2.75, 3.05) is 13.6 Å². The van der Waals surface area contributed by atoms with Crippen molar-refractivity contribution in [3.63, 3.8) is 0 Å². The normalized spacial score (nSPS) is 11.0. The highest BCUT2D eigenvalue weighted by Crippen LogP contribution is 2.10. The Balaban J connectivity index is 0.00000280. The highest BCUT2D eigenvalue weighted by molar-refractivity contribution is 14.0. The Hall–Kier alpha value is -2.06. The van der Waals surface area contributed by atoms with E-state index in [2.05, 4.69) is 45.1 Å². The van der Waals surface area contributed by atoms with Gasteiger partial charge in [0.05, 0.1) is 12.7 Å². The summed E-state index contributed by atoms with van der Waals surface area (Å²) in [6.45, 7) is 2.23. The summed E-state index contributed by atoms with van der Waals surface area (Å²) in [6, 6.07) is 18.2. The van der Waals surface area contributed by atoms with E-state index < -0.39 is 0 Å². The van der Waals surface area contributed by atoms with Gasteiger partial charge in [-0.25, -0.2) is 0 Å². The van der Waals surface area contributed by atoms with E-state index in [1.165, 1.54) is 11.1 Å². The van der Waals surface area contributed by atoms with Gasteiger partial charge in [0, 0.05) is 36.9 Å². The zero-order valence-corrected chi connectivity index (χ0v) is 18.9. The van der Waals surface area contributed by atoms with Crippen LogP contribution in [0, 0.1) is 0 Å². The van der Waals surface area contributed by atoms with Gasteiger partial charge in [-0.2, -0.15) is 5.10 Å². The molecule has 0 saturated carbocycles. The molecule has 2 aromatic carbocycles. The minimum atomic E-state index is 0. The van der Waals surface area contributed by atoms with E-state index in [1.807, 2.05) is 47.3 Å². The van der Waals surface area contributed by atoms with Crippen LogP contribution in [0.1, 0.15) is 16.7 Å². The maximum atomic E-state index is 6.02. The minimum absolute atomic E-state index is 0. The van der Waals surface area contributed by atoms with Gasteiger partial charge in [-0.05, 0) is 29.7 Å². The van der Waals surface area contributed by atoms with Gasteiger partial charge in [-0.1, -0.05) is 54.1 Å². The van der Waals surface area contributed by atoms with Gasteiger partial charge in [-0.15, -0.1) is 24.0 Å². The average molecular weight is 510 g/mol. The molecule has 0 saturated heterocycles. The molecule has 0 atom stereocenters. The van der Waals surface area contributed by atoms with Crippen LogP contribution in [0.15, 0.2) is 72.0 Å². The number of rotatable bonds is 7. The quantitative estimate of drug-likeness (QED) is 0.286. The van der Waals surface area contributed by atoms with Gasteiger partial charge >= 0.3 is 0 Å². The van der Waals surface area contributed by atoms with E-state index in [0.29, 0.717) is 6.54 Å². The standard InChI is InChI=1S/C21H24ClN5.HI/c1-23-21(24-11-10-17-8-5-9-20(22)12-17)25-13-19-14-26-27(16-19)15-18-6-3-2-4-7-18;/h2-9,12,14,16H,10-11,13,15H2,1H3,(H2,23,24,25);1H. The van der Waals surface area contributed by atoms with E-state index in [4.69, 9.17) is 11.6 Å². The van der Waals surface area contributed by atoms with Crippen molar-refractivity contribution in [1.82, 2.24) is 20.4 Å². The number of nitrogens with zero attached hydrogens (tertiary/aromatic N) is 3. The topological polar surface area (TPSA) is 54.2 Å². The highest BCUT2D eigenvalue weighted by Gasteiger charge is 2.02. The first-order chi connectivity index (χ1) is 13.2. The maximum absolute atomic E-state index is 6.02. The van der Waals surface area contributed by atoms with Crippen LogP contribution >= 0.6 is 35.6 Å². The number of hydrogen-bond donors (Lipinski definition) is 2. The van der Waals surface area contributed by atoms with Crippen LogP contribution < -0.4 is 10.6 Å². The summed E-state index contributed by atoms with van der Waals surface area (Å²) < 4.78 is 1.95. The molecular weight excluding hydrogens is 485 g/mol. The second-order valence-corrected chi connectivity index (χ2v) is 6.70. The average Bonchev–Trinajstić information content (AvgIpc) is 3.12. The molecule has 1 heterocycles. The summed E-state index contributed by atoms with van der Waals surface area (Å²) in [7, 11) is 1.77. The zero-order chi connectivity index (χ0) is 18.9. The lowest BCUT2D eigenvalue weighted by Crippen LogP contribution is -2.37. The lowest BCUT2D eigenvalue weighted by molar-refractivity contribution is 0.685. The van der Waals surface area contributed by atoms with Crippen LogP contribution in [0.5, 0.6) is 0 Å². The molecule has 0 radical (unpaired) electrons. The Morgan fingerprint density at radius 2 is 1.82 bits per heavy atom.